The van der Waals surface area contributed by atoms with E-state index in [-0.39, 0.29) is 0 Å². The Hall–Kier alpha value is -2.23. The molecule has 0 N–H and O–H groups in total. The highest BCUT2D eigenvalue weighted by Gasteiger charge is 2.04. The van der Waals surface area contributed by atoms with Gasteiger partial charge in [0.15, 0.2) is 5.82 Å². The first-order valence-electron chi connectivity index (χ1n) is 4.66. The number of rotatable bonds is 1. The molecule has 0 saturated heterocycles. The third-order valence-corrected chi connectivity index (χ3v) is 2.25. The van der Waals surface area contributed by atoms with Crippen LogP contribution in [-0.4, -0.2) is 19.8 Å². The maximum absolute atomic E-state index is 4.21. The summed E-state index contributed by atoms with van der Waals surface area (Å²) in [5, 5.41) is 12.3. The predicted molar refractivity (Wildman–Crippen MR) is 56.2 cm³/mol. The fourth-order valence-corrected chi connectivity index (χ4v) is 1.54. The van der Waals surface area contributed by atoms with Gasteiger partial charge in [0.2, 0.25) is 0 Å². The summed E-state index contributed by atoms with van der Waals surface area (Å²) in [4.78, 5) is 0. The molecule has 4 heteroatoms. The molecule has 0 fully saturated rings. The summed E-state index contributed by atoms with van der Waals surface area (Å²) in [6.07, 6.45) is 3.44. The largest absolute Gasteiger partial charge is 0.211 e. The number of nitrogens with zero attached hydrogens (tertiary/aromatic N) is 4. The van der Waals surface area contributed by atoms with Crippen molar-refractivity contribution in [1.29, 1.82) is 0 Å². The van der Waals surface area contributed by atoms with Gasteiger partial charge in [-0.15, -0.1) is 5.10 Å². The molecule has 3 aromatic rings. The van der Waals surface area contributed by atoms with Gasteiger partial charge in [-0.3, -0.25) is 0 Å². The molecule has 2 heterocycles. The molecule has 15 heavy (non-hydrogen) atoms. The Morgan fingerprint density at radius 3 is 2.73 bits per heavy atom. The smallest absolute Gasteiger partial charge is 0.183 e. The van der Waals surface area contributed by atoms with Crippen LogP contribution in [-0.2, 0) is 0 Å². The molecular formula is C11H8N4. The quantitative estimate of drug-likeness (QED) is 0.596. The minimum atomic E-state index is 0.762. The second-order valence-corrected chi connectivity index (χ2v) is 3.20. The van der Waals surface area contributed by atoms with E-state index in [0.29, 0.717) is 0 Å². The maximum atomic E-state index is 4.21. The molecule has 0 aliphatic rings. The van der Waals surface area contributed by atoms with Crippen molar-refractivity contribution in [3.05, 3.63) is 48.8 Å². The van der Waals surface area contributed by atoms with Crippen molar-refractivity contribution in [3.8, 4) is 11.4 Å². The molecule has 2 aromatic heterocycles. The maximum Gasteiger partial charge on any atom is 0.183 e. The van der Waals surface area contributed by atoms with Crippen LogP contribution in [0.2, 0.25) is 0 Å². The Morgan fingerprint density at radius 2 is 1.87 bits per heavy atom. The highest BCUT2D eigenvalue weighted by Crippen LogP contribution is 2.15. The molecule has 72 valence electrons. The monoisotopic (exact) mass is 196 g/mol. The standard InChI is InChI=1S/C11H8N4/c1-2-4-9(5-3-1)11-14-12-8-10-6-7-13-15(10)11/h1-8H. The Bertz CT molecular complexity index is 586. The van der Waals surface area contributed by atoms with Gasteiger partial charge >= 0.3 is 0 Å². The summed E-state index contributed by atoms with van der Waals surface area (Å²) in [5.41, 5.74) is 1.96. The average Bonchev–Trinajstić information content (AvgIpc) is 2.78. The van der Waals surface area contributed by atoms with E-state index in [1.165, 1.54) is 0 Å². The summed E-state index contributed by atoms with van der Waals surface area (Å²) in [7, 11) is 0. The molecule has 0 aliphatic carbocycles. The van der Waals surface area contributed by atoms with E-state index in [1.807, 2.05) is 36.4 Å². The number of hydrogen-bond acceptors (Lipinski definition) is 3. The van der Waals surface area contributed by atoms with Gasteiger partial charge in [-0.1, -0.05) is 30.3 Å². The molecular weight excluding hydrogens is 188 g/mol. The SMILES string of the molecule is c1ccc(-c2nncc3ccnn23)cc1. The third kappa shape index (κ3) is 1.27. The minimum Gasteiger partial charge on any atom is -0.211 e. The molecule has 0 saturated carbocycles. The second kappa shape index (κ2) is 3.16. The van der Waals surface area contributed by atoms with Crippen molar-refractivity contribution >= 4 is 5.52 Å². The highest BCUT2D eigenvalue weighted by molar-refractivity contribution is 5.58. The minimum absolute atomic E-state index is 0.762. The topological polar surface area (TPSA) is 43.1 Å². The van der Waals surface area contributed by atoms with Crippen LogP contribution >= 0.6 is 0 Å². The summed E-state index contributed by atoms with van der Waals surface area (Å²) < 4.78 is 1.78. The van der Waals surface area contributed by atoms with E-state index >= 15 is 0 Å². The van der Waals surface area contributed by atoms with Gasteiger partial charge in [-0.25, -0.2) is 4.52 Å². The Kier molecular flexibility index (Phi) is 1.71. The van der Waals surface area contributed by atoms with E-state index in [1.54, 1.807) is 16.9 Å². The summed E-state index contributed by atoms with van der Waals surface area (Å²) in [6, 6.07) is 11.8. The van der Waals surface area contributed by atoms with Crippen LogP contribution in [0.4, 0.5) is 0 Å². The molecule has 1 aromatic carbocycles. The fourth-order valence-electron chi connectivity index (χ4n) is 1.54. The third-order valence-electron chi connectivity index (χ3n) is 2.25. The number of benzene rings is 1. The van der Waals surface area contributed by atoms with Crippen molar-refractivity contribution in [2.75, 3.05) is 0 Å². The first kappa shape index (κ1) is 8.11. The van der Waals surface area contributed by atoms with Gasteiger partial charge in [0.25, 0.3) is 0 Å². The first-order chi connectivity index (χ1) is 7.45. The van der Waals surface area contributed by atoms with Crippen molar-refractivity contribution in [2.24, 2.45) is 0 Å². The number of hydrogen-bond donors (Lipinski definition) is 0. The molecule has 0 aliphatic heterocycles. The van der Waals surface area contributed by atoms with Crippen LogP contribution in [0.1, 0.15) is 0 Å². The van der Waals surface area contributed by atoms with Crippen molar-refractivity contribution in [1.82, 2.24) is 19.8 Å². The number of fused-ring (bicyclic) bond motifs is 1. The second-order valence-electron chi connectivity index (χ2n) is 3.20. The lowest BCUT2D eigenvalue weighted by molar-refractivity contribution is 0.877. The Morgan fingerprint density at radius 1 is 1.00 bits per heavy atom. The fraction of sp³-hybridized carbons (Fsp3) is 0. The van der Waals surface area contributed by atoms with Crippen LogP contribution < -0.4 is 0 Å². The first-order valence-corrected chi connectivity index (χ1v) is 4.66. The van der Waals surface area contributed by atoms with Crippen LogP contribution in [0.5, 0.6) is 0 Å². The summed E-state index contributed by atoms with van der Waals surface area (Å²) in [5.74, 6) is 0.762. The summed E-state index contributed by atoms with van der Waals surface area (Å²) in [6.45, 7) is 0. The lowest BCUT2D eigenvalue weighted by Gasteiger charge is -2.01. The van der Waals surface area contributed by atoms with E-state index in [2.05, 4.69) is 15.3 Å². The Labute approximate surface area is 86.2 Å². The molecule has 0 bridgehead atoms. The molecule has 0 unspecified atom stereocenters. The van der Waals surface area contributed by atoms with Gasteiger partial charge in [0, 0.05) is 5.56 Å². The van der Waals surface area contributed by atoms with E-state index < -0.39 is 0 Å². The van der Waals surface area contributed by atoms with Gasteiger partial charge in [0.1, 0.15) is 0 Å². The summed E-state index contributed by atoms with van der Waals surface area (Å²) >= 11 is 0. The average molecular weight is 196 g/mol. The van der Waals surface area contributed by atoms with E-state index in [9.17, 15) is 0 Å². The molecule has 0 amide bonds. The zero-order chi connectivity index (χ0) is 10.1. The van der Waals surface area contributed by atoms with Crippen LogP contribution in [0, 0.1) is 0 Å². The van der Waals surface area contributed by atoms with Crippen molar-refractivity contribution < 1.29 is 0 Å². The molecule has 0 atom stereocenters. The normalized spacial score (nSPS) is 10.7. The zero-order valence-corrected chi connectivity index (χ0v) is 7.91. The lowest BCUT2D eigenvalue weighted by atomic mass is 10.2. The van der Waals surface area contributed by atoms with E-state index in [4.69, 9.17) is 0 Å². The van der Waals surface area contributed by atoms with Crippen LogP contribution in [0.3, 0.4) is 0 Å². The van der Waals surface area contributed by atoms with Crippen molar-refractivity contribution in [2.45, 2.75) is 0 Å². The van der Waals surface area contributed by atoms with E-state index in [0.717, 1.165) is 16.9 Å². The molecule has 4 nitrogen and oxygen atoms in total. The zero-order valence-electron chi connectivity index (χ0n) is 7.91. The van der Waals surface area contributed by atoms with Gasteiger partial charge < -0.3 is 0 Å². The molecule has 0 spiro atoms. The molecule has 3 rings (SSSR count). The van der Waals surface area contributed by atoms with Gasteiger partial charge in [-0.2, -0.15) is 10.2 Å². The predicted octanol–water partition coefficient (Wildman–Crippen LogP) is 1.79. The highest BCUT2D eigenvalue weighted by atomic mass is 15.3. The van der Waals surface area contributed by atoms with Crippen LogP contribution in [0.15, 0.2) is 48.8 Å². The van der Waals surface area contributed by atoms with Crippen molar-refractivity contribution in [3.63, 3.8) is 0 Å². The number of aromatic nitrogens is 4. The van der Waals surface area contributed by atoms with Crippen LogP contribution in [0.25, 0.3) is 16.9 Å². The lowest BCUT2D eigenvalue weighted by Crippen LogP contribution is -1.98. The Balaban J connectivity index is 2.31. The van der Waals surface area contributed by atoms with Gasteiger partial charge in [0.05, 0.1) is 17.9 Å². The molecule has 0 radical (unpaired) electrons. The van der Waals surface area contributed by atoms with Gasteiger partial charge in [-0.05, 0) is 6.07 Å².